The van der Waals surface area contributed by atoms with Gasteiger partial charge in [-0.05, 0) is 43.2 Å². The first-order valence-corrected chi connectivity index (χ1v) is 5.48. The van der Waals surface area contributed by atoms with Crippen LogP contribution in [0.3, 0.4) is 0 Å². The van der Waals surface area contributed by atoms with Crippen LogP contribution in [0.25, 0.3) is 0 Å². The average molecular weight is 241 g/mol. The molecular formula is C15H12FNO. The van der Waals surface area contributed by atoms with Crippen molar-refractivity contribution in [2.45, 2.75) is 6.92 Å². The van der Waals surface area contributed by atoms with Gasteiger partial charge in [-0.15, -0.1) is 0 Å². The van der Waals surface area contributed by atoms with Gasteiger partial charge in [0.2, 0.25) is 0 Å². The molecule has 0 saturated heterocycles. The summed E-state index contributed by atoms with van der Waals surface area (Å²) >= 11 is 0. The highest BCUT2D eigenvalue weighted by molar-refractivity contribution is 5.46. The normalized spacial score (nSPS) is 9.50. The molecule has 0 aliphatic rings. The molecule has 0 radical (unpaired) electrons. The summed E-state index contributed by atoms with van der Waals surface area (Å²) in [5, 5.41) is 0. The van der Waals surface area contributed by atoms with Gasteiger partial charge in [0.1, 0.15) is 5.82 Å². The van der Waals surface area contributed by atoms with E-state index >= 15 is 0 Å². The minimum Gasteiger partial charge on any atom is -0.494 e. The first kappa shape index (κ1) is 12.1. The van der Waals surface area contributed by atoms with E-state index in [0.717, 1.165) is 5.69 Å². The third-order valence-electron chi connectivity index (χ3n) is 2.37. The zero-order valence-electron chi connectivity index (χ0n) is 10.2. The van der Waals surface area contributed by atoms with Crippen LogP contribution >= 0.6 is 0 Å². The molecule has 2 nitrogen and oxygen atoms in total. The Hall–Kier alpha value is -2.34. The van der Waals surface area contributed by atoms with Crippen LogP contribution in [-0.2, 0) is 0 Å². The van der Waals surface area contributed by atoms with Crippen molar-refractivity contribution < 1.29 is 9.13 Å². The fraction of sp³-hybridized carbons (Fsp3) is 0.133. The highest BCUT2D eigenvalue weighted by atomic mass is 19.1. The van der Waals surface area contributed by atoms with Gasteiger partial charge in [0.25, 0.3) is 0 Å². The molecule has 1 heterocycles. The molecule has 3 heteroatoms. The molecule has 0 amide bonds. The van der Waals surface area contributed by atoms with Gasteiger partial charge in [0, 0.05) is 11.3 Å². The Morgan fingerprint density at radius 1 is 1.17 bits per heavy atom. The number of nitrogens with zero attached hydrogens (tertiary/aromatic N) is 1. The molecule has 0 bridgehead atoms. The maximum atomic E-state index is 13.0. The molecule has 18 heavy (non-hydrogen) atoms. The Morgan fingerprint density at radius 3 is 2.72 bits per heavy atom. The largest absolute Gasteiger partial charge is 0.494 e. The van der Waals surface area contributed by atoms with Crippen LogP contribution in [-0.4, -0.2) is 12.1 Å². The van der Waals surface area contributed by atoms with E-state index in [4.69, 9.17) is 4.74 Å². The summed E-state index contributed by atoms with van der Waals surface area (Å²) in [5.74, 6) is 6.08. The fourth-order valence-corrected chi connectivity index (χ4v) is 1.50. The van der Waals surface area contributed by atoms with Crippen LogP contribution in [0.4, 0.5) is 4.39 Å². The molecule has 0 spiro atoms. The van der Waals surface area contributed by atoms with Crippen LogP contribution in [0, 0.1) is 24.6 Å². The molecular weight excluding hydrogens is 229 g/mol. The highest BCUT2D eigenvalue weighted by Crippen LogP contribution is 2.15. The lowest BCUT2D eigenvalue weighted by molar-refractivity contribution is 0.411. The summed E-state index contributed by atoms with van der Waals surface area (Å²) in [4.78, 5) is 4.29. The molecule has 0 unspecified atom stereocenters. The van der Waals surface area contributed by atoms with Gasteiger partial charge in [-0.2, -0.15) is 0 Å². The van der Waals surface area contributed by atoms with Crippen molar-refractivity contribution in [2.75, 3.05) is 7.11 Å². The number of hydrogen-bond donors (Lipinski definition) is 0. The van der Waals surface area contributed by atoms with Crippen molar-refractivity contribution in [1.29, 1.82) is 0 Å². The van der Waals surface area contributed by atoms with Crippen molar-refractivity contribution in [3.05, 3.63) is 59.2 Å². The second kappa shape index (κ2) is 5.33. The Bertz CT molecular complexity index is 626. The van der Waals surface area contributed by atoms with E-state index in [1.165, 1.54) is 12.1 Å². The summed E-state index contributed by atoms with van der Waals surface area (Å²) in [6, 6.07) is 9.81. The number of aryl methyl sites for hydroxylation is 1. The first-order valence-electron chi connectivity index (χ1n) is 5.48. The van der Waals surface area contributed by atoms with Crippen molar-refractivity contribution in [3.63, 3.8) is 0 Å². The second-order valence-corrected chi connectivity index (χ2v) is 3.76. The minimum atomic E-state index is -0.300. The number of ether oxygens (including phenoxy) is 1. The number of hydrogen-bond acceptors (Lipinski definition) is 2. The molecule has 0 aliphatic heterocycles. The third-order valence-corrected chi connectivity index (χ3v) is 2.37. The van der Waals surface area contributed by atoms with E-state index in [1.54, 1.807) is 19.2 Å². The highest BCUT2D eigenvalue weighted by Gasteiger charge is 2.01. The maximum absolute atomic E-state index is 13.0. The second-order valence-electron chi connectivity index (χ2n) is 3.76. The molecule has 2 aromatic rings. The van der Waals surface area contributed by atoms with Crippen molar-refractivity contribution >= 4 is 0 Å². The van der Waals surface area contributed by atoms with Gasteiger partial charge in [-0.3, -0.25) is 0 Å². The zero-order chi connectivity index (χ0) is 13.0. The van der Waals surface area contributed by atoms with Crippen molar-refractivity contribution in [3.8, 4) is 17.6 Å². The standard InChI is InChI=1S/C15H12FNO/c1-11-6-9-15(18-2)14(17-11)8-7-12-4-3-5-13(16)10-12/h3-6,9-10H,1-2H3. The average Bonchev–Trinajstić information content (AvgIpc) is 2.37. The van der Waals surface area contributed by atoms with Crippen LogP contribution in [0.5, 0.6) is 5.75 Å². The number of aromatic nitrogens is 1. The molecule has 2 rings (SSSR count). The number of benzene rings is 1. The molecule has 0 atom stereocenters. The Kier molecular flexibility index (Phi) is 3.59. The summed E-state index contributed by atoms with van der Waals surface area (Å²) in [5.41, 5.74) is 2.03. The van der Waals surface area contributed by atoms with E-state index in [9.17, 15) is 4.39 Å². The molecule has 0 saturated carbocycles. The molecule has 0 aliphatic carbocycles. The predicted molar refractivity (Wildman–Crippen MR) is 67.9 cm³/mol. The van der Waals surface area contributed by atoms with E-state index in [0.29, 0.717) is 17.0 Å². The number of rotatable bonds is 1. The Morgan fingerprint density at radius 2 is 2.00 bits per heavy atom. The smallest absolute Gasteiger partial charge is 0.155 e. The van der Waals surface area contributed by atoms with Crippen molar-refractivity contribution in [1.82, 2.24) is 4.98 Å². The lowest BCUT2D eigenvalue weighted by Crippen LogP contribution is -1.93. The van der Waals surface area contributed by atoms with Crippen LogP contribution in [0.1, 0.15) is 17.0 Å². The molecule has 1 aromatic carbocycles. The quantitative estimate of drug-likeness (QED) is 0.716. The van der Waals surface area contributed by atoms with Gasteiger partial charge < -0.3 is 4.74 Å². The van der Waals surface area contributed by atoms with Gasteiger partial charge >= 0.3 is 0 Å². The number of halogens is 1. The summed E-state index contributed by atoms with van der Waals surface area (Å²) in [6.07, 6.45) is 0. The van der Waals surface area contributed by atoms with Crippen LogP contribution in [0.2, 0.25) is 0 Å². The van der Waals surface area contributed by atoms with Crippen LogP contribution < -0.4 is 4.74 Å². The maximum Gasteiger partial charge on any atom is 0.155 e. The van der Waals surface area contributed by atoms with Crippen LogP contribution in [0.15, 0.2) is 36.4 Å². The van der Waals surface area contributed by atoms with E-state index in [1.807, 2.05) is 19.1 Å². The Labute approximate surface area is 105 Å². The zero-order valence-corrected chi connectivity index (χ0v) is 10.2. The SMILES string of the molecule is COc1ccc(C)nc1C#Cc1cccc(F)c1. The van der Waals surface area contributed by atoms with Crippen molar-refractivity contribution in [2.24, 2.45) is 0 Å². The fourth-order valence-electron chi connectivity index (χ4n) is 1.50. The van der Waals surface area contributed by atoms with E-state index < -0.39 is 0 Å². The number of methoxy groups -OCH3 is 1. The third kappa shape index (κ3) is 2.86. The molecule has 1 aromatic heterocycles. The summed E-state index contributed by atoms with van der Waals surface area (Å²) in [6.45, 7) is 1.88. The summed E-state index contributed by atoms with van der Waals surface area (Å²) < 4.78 is 18.2. The van der Waals surface area contributed by atoms with E-state index in [-0.39, 0.29) is 5.82 Å². The molecule has 90 valence electrons. The van der Waals surface area contributed by atoms with Gasteiger partial charge in [0.05, 0.1) is 7.11 Å². The number of pyridine rings is 1. The predicted octanol–water partition coefficient (Wildman–Crippen LogP) is 2.94. The van der Waals surface area contributed by atoms with Gasteiger partial charge in [-0.25, -0.2) is 9.37 Å². The van der Waals surface area contributed by atoms with E-state index in [2.05, 4.69) is 16.8 Å². The summed E-state index contributed by atoms with van der Waals surface area (Å²) in [7, 11) is 1.57. The molecule has 0 fully saturated rings. The topological polar surface area (TPSA) is 22.1 Å². The van der Waals surface area contributed by atoms with Gasteiger partial charge in [-0.1, -0.05) is 12.0 Å². The van der Waals surface area contributed by atoms with Gasteiger partial charge in [0.15, 0.2) is 11.4 Å². The minimum absolute atomic E-state index is 0.300. The Balaban J connectivity index is 2.37. The molecule has 0 N–H and O–H groups in total. The lowest BCUT2D eigenvalue weighted by Gasteiger charge is -2.02. The lowest BCUT2D eigenvalue weighted by atomic mass is 10.2. The first-order chi connectivity index (χ1) is 8.69. The monoisotopic (exact) mass is 241 g/mol.